The van der Waals surface area contributed by atoms with Crippen molar-refractivity contribution in [1.82, 2.24) is 10.2 Å². The molecule has 1 aromatic rings. The molecule has 4 heteroatoms. The van der Waals surface area contributed by atoms with Crippen molar-refractivity contribution in [2.45, 2.75) is 38.1 Å². The van der Waals surface area contributed by atoms with E-state index in [-0.39, 0.29) is 11.9 Å². The molecule has 20 heavy (non-hydrogen) atoms. The van der Waals surface area contributed by atoms with Gasteiger partial charge in [0, 0.05) is 19.1 Å². The van der Waals surface area contributed by atoms with E-state index in [1.165, 1.54) is 6.42 Å². The Morgan fingerprint density at radius 2 is 2.10 bits per heavy atom. The highest BCUT2D eigenvalue weighted by Crippen LogP contribution is 2.36. The molecule has 0 radical (unpaired) electrons. The van der Waals surface area contributed by atoms with E-state index in [1.54, 1.807) is 6.07 Å². The number of hydrogen-bond donors (Lipinski definition) is 2. The van der Waals surface area contributed by atoms with Gasteiger partial charge in [-0.05, 0) is 49.3 Å². The second-order valence-corrected chi connectivity index (χ2v) is 5.76. The maximum atomic E-state index is 12.1. The molecule has 1 amide bonds. The van der Waals surface area contributed by atoms with E-state index in [0.29, 0.717) is 12.3 Å². The molecule has 1 saturated heterocycles. The van der Waals surface area contributed by atoms with Gasteiger partial charge in [0.25, 0.3) is 0 Å². The third-order valence-electron chi connectivity index (χ3n) is 4.45. The summed E-state index contributed by atoms with van der Waals surface area (Å²) >= 11 is 0. The lowest BCUT2D eigenvalue weighted by atomic mass is 10.1. The number of piperidine rings is 1. The molecule has 4 nitrogen and oxygen atoms in total. The van der Waals surface area contributed by atoms with Crippen molar-refractivity contribution < 1.29 is 9.90 Å². The molecule has 1 atom stereocenters. The van der Waals surface area contributed by atoms with Crippen LogP contribution in [0.1, 0.15) is 42.9 Å². The highest BCUT2D eigenvalue weighted by Gasteiger charge is 2.25. The molecule has 108 valence electrons. The van der Waals surface area contributed by atoms with Gasteiger partial charge >= 0.3 is 0 Å². The standard InChI is InChI=1S/C16H22N2O2/c19-15-6-4-5-12-13(15)7-8-14(12)17-11-16(20)18-9-2-1-3-10-18/h4-6,14,17,19H,1-3,7-11H2. The van der Waals surface area contributed by atoms with Crippen LogP contribution in [0.2, 0.25) is 0 Å². The normalized spacial score (nSPS) is 21.8. The number of carbonyl (C=O) groups excluding carboxylic acids is 1. The average Bonchev–Trinajstić information content (AvgIpc) is 2.90. The van der Waals surface area contributed by atoms with Gasteiger partial charge in [0.05, 0.1) is 6.54 Å². The highest BCUT2D eigenvalue weighted by atomic mass is 16.3. The second-order valence-electron chi connectivity index (χ2n) is 5.76. The number of rotatable bonds is 3. The minimum atomic E-state index is 0.200. The quantitative estimate of drug-likeness (QED) is 0.886. The Bertz CT molecular complexity index is 495. The van der Waals surface area contributed by atoms with E-state index in [2.05, 4.69) is 5.32 Å². The summed E-state index contributed by atoms with van der Waals surface area (Å²) in [4.78, 5) is 14.1. The number of amides is 1. The van der Waals surface area contributed by atoms with Crippen LogP contribution >= 0.6 is 0 Å². The smallest absolute Gasteiger partial charge is 0.236 e. The lowest BCUT2D eigenvalue weighted by molar-refractivity contribution is -0.131. The first-order valence-electron chi connectivity index (χ1n) is 7.57. The first-order chi connectivity index (χ1) is 9.75. The van der Waals surface area contributed by atoms with Crippen molar-refractivity contribution in [3.63, 3.8) is 0 Å². The van der Waals surface area contributed by atoms with Crippen molar-refractivity contribution in [2.75, 3.05) is 19.6 Å². The van der Waals surface area contributed by atoms with Gasteiger partial charge < -0.3 is 15.3 Å². The molecule has 1 aliphatic carbocycles. The number of likely N-dealkylation sites (tertiary alicyclic amines) is 1. The molecule has 2 N–H and O–H groups in total. The molecular weight excluding hydrogens is 252 g/mol. The number of fused-ring (bicyclic) bond motifs is 1. The first kappa shape index (κ1) is 13.4. The summed E-state index contributed by atoms with van der Waals surface area (Å²) in [5.74, 6) is 0.590. The second kappa shape index (κ2) is 5.83. The van der Waals surface area contributed by atoms with Gasteiger partial charge in [-0.3, -0.25) is 4.79 Å². The van der Waals surface area contributed by atoms with Gasteiger partial charge in [0.2, 0.25) is 5.91 Å². The number of carbonyl (C=O) groups is 1. The van der Waals surface area contributed by atoms with E-state index in [0.717, 1.165) is 49.9 Å². The van der Waals surface area contributed by atoms with E-state index in [1.807, 2.05) is 17.0 Å². The van der Waals surface area contributed by atoms with Crippen LogP contribution in [0, 0.1) is 0 Å². The number of nitrogens with zero attached hydrogens (tertiary/aromatic N) is 1. The Morgan fingerprint density at radius 1 is 1.30 bits per heavy atom. The molecular formula is C16H22N2O2. The summed E-state index contributed by atoms with van der Waals surface area (Å²) < 4.78 is 0. The summed E-state index contributed by atoms with van der Waals surface area (Å²) in [6, 6.07) is 5.86. The summed E-state index contributed by atoms with van der Waals surface area (Å²) in [6.45, 7) is 2.21. The van der Waals surface area contributed by atoms with Gasteiger partial charge in [-0.15, -0.1) is 0 Å². The van der Waals surface area contributed by atoms with Crippen molar-refractivity contribution >= 4 is 5.91 Å². The summed E-state index contributed by atoms with van der Waals surface area (Å²) in [5.41, 5.74) is 2.19. The predicted molar refractivity (Wildman–Crippen MR) is 77.6 cm³/mol. The number of phenolic OH excluding ortho intramolecular Hbond substituents is 1. The predicted octanol–water partition coefficient (Wildman–Crippen LogP) is 1.98. The van der Waals surface area contributed by atoms with Crippen molar-refractivity contribution in [1.29, 1.82) is 0 Å². The topological polar surface area (TPSA) is 52.6 Å². The summed E-state index contributed by atoms with van der Waals surface area (Å²) in [6.07, 6.45) is 5.35. The number of benzene rings is 1. The molecule has 0 spiro atoms. The van der Waals surface area contributed by atoms with Crippen LogP contribution in [0.3, 0.4) is 0 Å². The minimum Gasteiger partial charge on any atom is -0.508 e. The summed E-state index contributed by atoms with van der Waals surface area (Å²) in [5, 5.41) is 13.2. The molecule has 1 aliphatic heterocycles. The van der Waals surface area contributed by atoms with Gasteiger partial charge in [-0.2, -0.15) is 0 Å². The zero-order valence-electron chi connectivity index (χ0n) is 11.8. The fraction of sp³-hybridized carbons (Fsp3) is 0.562. The molecule has 3 rings (SSSR count). The van der Waals surface area contributed by atoms with Crippen LogP contribution in [-0.4, -0.2) is 35.5 Å². The maximum Gasteiger partial charge on any atom is 0.236 e. The van der Waals surface area contributed by atoms with Gasteiger partial charge in [0.1, 0.15) is 5.75 Å². The molecule has 0 bridgehead atoms. The van der Waals surface area contributed by atoms with Crippen LogP contribution in [0.4, 0.5) is 0 Å². The number of hydrogen-bond acceptors (Lipinski definition) is 3. The maximum absolute atomic E-state index is 12.1. The van der Waals surface area contributed by atoms with Crippen LogP contribution in [-0.2, 0) is 11.2 Å². The largest absolute Gasteiger partial charge is 0.508 e. The molecule has 1 fully saturated rings. The fourth-order valence-corrected chi connectivity index (χ4v) is 3.31. The van der Waals surface area contributed by atoms with Crippen LogP contribution in [0.15, 0.2) is 18.2 Å². The Balaban J connectivity index is 1.58. The zero-order chi connectivity index (χ0) is 13.9. The fourth-order valence-electron chi connectivity index (χ4n) is 3.31. The molecule has 1 heterocycles. The van der Waals surface area contributed by atoms with Crippen molar-refractivity contribution in [2.24, 2.45) is 0 Å². The Labute approximate surface area is 119 Å². The van der Waals surface area contributed by atoms with Crippen LogP contribution in [0.25, 0.3) is 0 Å². The van der Waals surface area contributed by atoms with Crippen LogP contribution in [0.5, 0.6) is 5.75 Å². The number of aromatic hydroxyl groups is 1. The first-order valence-corrected chi connectivity index (χ1v) is 7.57. The van der Waals surface area contributed by atoms with Crippen LogP contribution < -0.4 is 5.32 Å². The Kier molecular flexibility index (Phi) is 3.92. The van der Waals surface area contributed by atoms with Crippen molar-refractivity contribution in [3.05, 3.63) is 29.3 Å². The van der Waals surface area contributed by atoms with E-state index < -0.39 is 0 Å². The third kappa shape index (κ3) is 2.66. The number of nitrogens with one attached hydrogen (secondary N) is 1. The number of phenols is 1. The molecule has 1 aromatic carbocycles. The SMILES string of the molecule is O=C(CNC1CCc2c(O)cccc21)N1CCCCC1. The monoisotopic (exact) mass is 274 g/mol. The Hall–Kier alpha value is -1.55. The highest BCUT2D eigenvalue weighted by molar-refractivity contribution is 5.78. The average molecular weight is 274 g/mol. The zero-order valence-corrected chi connectivity index (χ0v) is 11.8. The van der Waals surface area contributed by atoms with E-state index in [9.17, 15) is 9.90 Å². The Morgan fingerprint density at radius 3 is 2.90 bits per heavy atom. The van der Waals surface area contributed by atoms with Gasteiger partial charge in [0.15, 0.2) is 0 Å². The van der Waals surface area contributed by atoms with E-state index in [4.69, 9.17) is 0 Å². The molecule has 0 saturated carbocycles. The lowest BCUT2D eigenvalue weighted by Crippen LogP contribution is -2.41. The molecule has 0 aromatic heterocycles. The lowest BCUT2D eigenvalue weighted by Gasteiger charge is -2.27. The van der Waals surface area contributed by atoms with Gasteiger partial charge in [-0.1, -0.05) is 12.1 Å². The summed E-state index contributed by atoms with van der Waals surface area (Å²) in [7, 11) is 0. The molecule has 1 unspecified atom stereocenters. The minimum absolute atomic E-state index is 0.200. The molecule has 2 aliphatic rings. The van der Waals surface area contributed by atoms with Gasteiger partial charge in [-0.25, -0.2) is 0 Å². The van der Waals surface area contributed by atoms with E-state index >= 15 is 0 Å². The van der Waals surface area contributed by atoms with Crippen molar-refractivity contribution in [3.8, 4) is 5.75 Å². The third-order valence-corrected chi connectivity index (χ3v) is 4.45.